The quantitative estimate of drug-likeness (QED) is 0.0251. The Bertz CT molecular complexity index is 1740. The molecule has 0 N–H and O–H groups in total. The van der Waals surface area contributed by atoms with Crippen molar-refractivity contribution < 1.29 is 69.5 Å². The molecule has 0 heterocycles. The third kappa shape index (κ3) is 147. The van der Waals surface area contributed by atoms with Crippen molar-refractivity contribution in [2.24, 2.45) is 47.3 Å². The number of rotatable bonds is 88. The van der Waals surface area contributed by atoms with Crippen LogP contribution in [0.4, 0.5) is 0 Å². The molecule has 0 aromatic heterocycles. The van der Waals surface area contributed by atoms with Crippen molar-refractivity contribution in [2.45, 2.75) is 573 Å². The van der Waals surface area contributed by atoms with E-state index < -0.39 is 0 Å². The van der Waals surface area contributed by atoms with Crippen molar-refractivity contribution in [3.8, 4) is 0 Å². The Hall–Kier alpha value is 3.30. The van der Waals surface area contributed by atoms with E-state index in [1.165, 1.54) is 462 Å². The first-order valence-corrected chi connectivity index (χ1v) is 59.8. The average Bonchev–Trinajstić information content (AvgIpc) is 0.879. The van der Waals surface area contributed by atoms with Crippen molar-refractivity contribution in [1.29, 1.82) is 0 Å². The second-order valence-corrected chi connectivity index (χ2v) is 45.2. The van der Waals surface area contributed by atoms with E-state index in [2.05, 4.69) is 130 Å². The van der Waals surface area contributed by atoms with E-state index >= 15 is 0 Å². The van der Waals surface area contributed by atoms with Crippen LogP contribution in [0.1, 0.15) is 573 Å². The number of hydrogen-bond acceptors (Lipinski definition) is 11. The molecule has 0 rings (SSSR count). The van der Waals surface area contributed by atoms with Gasteiger partial charge in [0.2, 0.25) is 0 Å². The fourth-order valence-electron chi connectivity index (χ4n) is 16.5. The van der Waals surface area contributed by atoms with Gasteiger partial charge in [-0.2, -0.15) is 0 Å². The molecule has 776 valence electrons. The molecule has 0 unspecified atom stereocenters. The summed E-state index contributed by atoms with van der Waals surface area (Å²) in [6, 6.07) is 0. The fraction of sp³-hybridized carbons (Fsp3) is 0.963. The standard InChI is InChI=1S/4C27H55NS2.3Mo.3O.4S/c4*1-25(2)21-17-13-9-5-7-11-15-19-23-28(27(29)30)24-20-16-12-8-6-10-14-18-22-26(3)4;;;;;;;;;;/h4*25-26H,5-24H2,1-4H3,(H,29,30);;;;;;;;;;/q;;;;3*+4;;;;4*-2/p-4. The molecular formula is C108H216Mo3N4O3S12. The van der Waals surface area contributed by atoms with Crippen molar-refractivity contribution in [2.75, 3.05) is 52.4 Å². The van der Waals surface area contributed by atoms with Gasteiger partial charge in [-0.25, -0.2) is 0 Å². The molecule has 0 aromatic carbocycles. The average molecular weight is 2290 g/mol. The molecule has 0 bridgehead atoms. The Morgan fingerprint density at radius 3 is 0.277 bits per heavy atom. The predicted molar refractivity (Wildman–Crippen MR) is 609 cm³/mol. The minimum absolute atomic E-state index is 0. The largest absolute Gasteiger partial charge is 2.00 e. The zero-order chi connectivity index (χ0) is 95.8. The van der Waals surface area contributed by atoms with Crippen molar-refractivity contribution in [3.05, 3.63) is 0 Å². The van der Waals surface area contributed by atoms with E-state index in [4.69, 9.17) is 110 Å². The predicted octanol–water partition coefficient (Wildman–Crippen LogP) is 37.4. The molecule has 0 saturated carbocycles. The van der Waals surface area contributed by atoms with Crippen molar-refractivity contribution in [3.63, 3.8) is 0 Å². The number of hydrogen-bond donors (Lipinski definition) is 0. The summed E-state index contributed by atoms with van der Waals surface area (Å²) in [6.07, 6.45) is 99.5. The fourth-order valence-corrected chi connectivity index (χ4v) is 18.0. The van der Waals surface area contributed by atoms with E-state index in [-0.39, 0.29) is 54.0 Å². The first-order valence-electron chi connectivity index (χ1n) is 54.1. The third-order valence-corrected chi connectivity index (χ3v) is 26.8. The zero-order valence-corrected chi connectivity index (χ0v) is 104. The number of unbranched alkanes of at least 4 members (excludes halogenated alkanes) is 56. The first kappa shape index (κ1) is 156. The van der Waals surface area contributed by atoms with Gasteiger partial charge in [0.05, 0.1) is 0 Å². The van der Waals surface area contributed by atoms with Gasteiger partial charge in [0.1, 0.15) is 0 Å². The Morgan fingerprint density at radius 1 is 0.154 bits per heavy atom. The SMILES string of the molecule is CC(C)CCCCCCCCCCN(CCCCCCCCCCC(C)C)C(=S)[S-].CC(C)CCCCCCCCCCN(CCCCCCCCCCC(C)C)C(=S)[S-].CC(C)CCCCCCCCCCN(CCCCCCCCCCC(C)C)C(=S)[S-].CC(C)CCCCCCCCCCN(CCCCCCCCCCC(C)C)C(=S)[S-].[O]=[Mo+4].[O]=[Mo+4].[O]=[Mo+4].[S-2].[S-2].[S-2].[S-2]. The molecule has 0 spiro atoms. The normalized spacial score (nSPS) is 10.8. The second-order valence-electron chi connectivity index (χ2n) is 41.1. The third-order valence-electron chi connectivity index (χ3n) is 24.7. The van der Waals surface area contributed by atoms with Crippen LogP contribution < -0.4 is 0 Å². The minimum Gasteiger partial charge on any atom is -2.00 e. The van der Waals surface area contributed by atoms with Gasteiger partial charge in [-0.1, -0.05) is 539 Å². The molecule has 0 amide bonds. The Balaban J connectivity index is -0.000000156. The summed E-state index contributed by atoms with van der Waals surface area (Å²) in [5, 5.41) is 0. The Kier molecular flexibility index (Phi) is 159. The summed E-state index contributed by atoms with van der Waals surface area (Å²) < 4.78 is 27.5. The molecule has 0 saturated heterocycles. The molecule has 0 aliphatic carbocycles. The number of thiocarbonyl (C=S) groups is 4. The van der Waals surface area contributed by atoms with Gasteiger partial charge in [0, 0.05) is 52.4 Å². The zero-order valence-electron chi connectivity index (χ0n) is 88.3. The Morgan fingerprint density at radius 2 is 0.215 bits per heavy atom. The van der Waals surface area contributed by atoms with Crippen LogP contribution in [0.5, 0.6) is 0 Å². The molecule has 0 atom stereocenters. The smallest absolute Gasteiger partial charge is 2.00 e. The van der Waals surface area contributed by atoms with Gasteiger partial charge in [0.15, 0.2) is 0 Å². The van der Waals surface area contributed by atoms with E-state index in [0.29, 0.717) is 76.6 Å². The van der Waals surface area contributed by atoms with Crippen LogP contribution in [-0.2, 0) is 174 Å². The summed E-state index contributed by atoms with van der Waals surface area (Å²) in [5.74, 6) is 6.95. The van der Waals surface area contributed by atoms with Crippen LogP contribution in [-0.4, -0.2) is 89.2 Å². The maximum absolute atomic E-state index is 8.26. The molecule has 130 heavy (non-hydrogen) atoms. The van der Waals surface area contributed by atoms with Gasteiger partial charge < -0.3 is 173 Å². The van der Waals surface area contributed by atoms with E-state index in [1.807, 2.05) is 0 Å². The van der Waals surface area contributed by atoms with Gasteiger partial charge in [-0.3, -0.25) is 0 Å². The second kappa shape index (κ2) is 132. The summed E-state index contributed by atoms with van der Waals surface area (Å²) in [4.78, 5) is 9.12. The molecule has 0 aliphatic heterocycles. The minimum atomic E-state index is 0. The summed E-state index contributed by atoms with van der Waals surface area (Å²) >= 11 is 44.6. The van der Waals surface area contributed by atoms with Gasteiger partial charge in [-0.05, 0) is 98.7 Å². The maximum Gasteiger partial charge on any atom is -2.00 e. The molecule has 0 aliphatic rings. The van der Waals surface area contributed by atoms with Crippen molar-refractivity contribution >= 4 is 171 Å². The molecular weight excluding hydrogens is 2070 g/mol. The van der Waals surface area contributed by atoms with Crippen LogP contribution in [0.15, 0.2) is 0 Å². The van der Waals surface area contributed by atoms with Gasteiger partial charge in [0.25, 0.3) is 0 Å². The Labute approximate surface area is 922 Å². The molecule has 0 aromatic rings. The van der Waals surface area contributed by atoms with Crippen LogP contribution >= 0.6 is 48.9 Å². The monoisotopic (exact) mass is 2300 g/mol. The molecule has 7 nitrogen and oxygen atoms in total. The topological polar surface area (TPSA) is 64.2 Å². The van der Waals surface area contributed by atoms with Crippen LogP contribution in [0, 0.1) is 47.3 Å². The van der Waals surface area contributed by atoms with E-state index in [9.17, 15) is 0 Å². The van der Waals surface area contributed by atoms with E-state index in [1.54, 1.807) is 0 Å². The van der Waals surface area contributed by atoms with Crippen LogP contribution in [0.25, 0.3) is 0 Å². The van der Waals surface area contributed by atoms with Gasteiger partial charge in [-0.15, -0.1) is 0 Å². The number of nitrogens with zero attached hydrogens (tertiary/aromatic N) is 4. The molecule has 0 fully saturated rings. The first-order chi connectivity index (χ1) is 60.7. The van der Waals surface area contributed by atoms with Gasteiger partial charge >= 0.3 is 69.5 Å². The molecule has 0 radical (unpaired) electrons. The van der Waals surface area contributed by atoms with Crippen molar-refractivity contribution in [1.82, 2.24) is 19.6 Å². The van der Waals surface area contributed by atoms with Crippen LogP contribution in [0.2, 0.25) is 0 Å². The summed E-state index contributed by atoms with van der Waals surface area (Å²) in [7, 11) is 0. The van der Waals surface area contributed by atoms with E-state index in [0.717, 1.165) is 99.7 Å². The summed E-state index contributed by atoms with van der Waals surface area (Å²) in [5.41, 5.74) is 0. The summed E-state index contributed by atoms with van der Waals surface area (Å²) in [6.45, 7) is 45.9. The van der Waals surface area contributed by atoms with Crippen LogP contribution in [0.3, 0.4) is 0 Å². The molecule has 22 heteroatoms. The maximum atomic E-state index is 8.26.